The van der Waals surface area contributed by atoms with E-state index in [1.165, 1.54) is 0 Å². The normalized spacial score (nSPS) is 13.8. The van der Waals surface area contributed by atoms with Crippen LogP contribution in [0.25, 0.3) is 0 Å². The first-order chi connectivity index (χ1) is 4.22. The zero-order valence-corrected chi connectivity index (χ0v) is 5.80. The highest BCUT2D eigenvalue weighted by molar-refractivity contribution is 6.27. The van der Waals surface area contributed by atoms with Gasteiger partial charge < -0.3 is 10.2 Å². The number of hydrogen-bond donors (Lipinski definition) is 2. The zero-order valence-electron chi connectivity index (χ0n) is 5.05. The van der Waals surface area contributed by atoms with Crippen molar-refractivity contribution in [1.82, 2.24) is 0 Å². The molecule has 3 heteroatoms. The van der Waals surface area contributed by atoms with E-state index in [1.807, 2.05) is 0 Å². The Morgan fingerprint density at radius 1 is 1.78 bits per heavy atom. The van der Waals surface area contributed by atoms with Crippen LogP contribution in [0.1, 0.15) is 6.42 Å². The van der Waals surface area contributed by atoms with Crippen molar-refractivity contribution >= 4 is 11.6 Å². The Balaban J connectivity index is 3.44. The van der Waals surface area contributed by atoms with E-state index in [0.29, 0.717) is 11.8 Å². The third-order valence-electron chi connectivity index (χ3n) is 0.874. The van der Waals surface area contributed by atoms with Crippen LogP contribution in [0.2, 0.25) is 0 Å². The van der Waals surface area contributed by atoms with Crippen LogP contribution >= 0.6 is 11.6 Å². The molecule has 0 rings (SSSR count). The van der Waals surface area contributed by atoms with Gasteiger partial charge in [-0.05, 0) is 6.42 Å². The topological polar surface area (TPSA) is 40.5 Å². The second-order valence-electron chi connectivity index (χ2n) is 1.64. The molecule has 2 nitrogen and oxygen atoms in total. The molecule has 0 aliphatic carbocycles. The molecule has 1 unspecified atom stereocenters. The van der Waals surface area contributed by atoms with E-state index in [-0.39, 0.29) is 6.61 Å². The van der Waals surface area contributed by atoms with Gasteiger partial charge in [-0.2, -0.15) is 0 Å². The zero-order chi connectivity index (χ0) is 7.28. The maximum atomic E-state index is 8.79. The Hall–Kier alpha value is -0.0500. The highest BCUT2D eigenvalue weighted by Crippen LogP contribution is 2.16. The molecular weight excluding hydrogens is 140 g/mol. The average Bonchev–Trinajstić information content (AvgIpc) is 1.87. The van der Waals surface area contributed by atoms with Gasteiger partial charge >= 0.3 is 0 Å². The third-order valence-corrected chi connectivity index (χ3v) is 1.28. The Bertz CT molecular complexity index is 85.1. The fourth-order valence-corrected chi connectivity index (χ4v) is 0.551. The summed E-state index contributed by atoms with van der Waals surface area (Å²) in [6.07, 6.45) is 1.09. The quantitative estimate of drug-likeness (QED) is 0.578. The third kappa shape index (κ3) is 3.51. The van der Waals surface area contributed by atoms with Crippen molar-refractivity contribution in [3.8, 4) is 0 Å². The molecule has 0 saturated carbocycles. The van der Waals surface area contributed by atoms with Gasteiger partial charge in [-0.1, -0.05) is 6.08 Å². The molecule has 0 aromatic heterocycles. The molecule has 0 aliphatic heterocycles. The predicted octanol–water partition coefficient (Wildman–Crippen LogP) is 0.686. The van der Waals surface area contributed by atoms with Crippen LogP contribution in [-0.4, -0.2) is 22.9 Å². The van der Waals surface area contributed by atoms with Crippen LogP contribution in [0.5, 0.6) is 0 Å². The summed E-state index contributed by atoms with van der Waals surface area (Å²) in [6, 6.07) is 0. The minimum absolute atomic E-state index is 0.326. The summed E-state index contributed by atoms with van der Waals surface area (Å²) in [4.78, 5) is 0. The number of aliphatic hydroxyl groups is 2. The van der Waals surface area contributed by atoms with Crippen molar-refractivity contribution in [2.24, 2.45) is 0 Å². The molecule has 0 aliphatic rings. The van der Waals surface area contributed by atoms with Gasteiger partial charge in [0, 0.05) is 0 Å². The summed E-state index contributed by atoms with van der Waals surface area (Å²) in [5, 5.41) is 17.5. The van der Waals surface area contributed by atoms with E-state index in [9.17, 15) is 0 Å². The van der Waals surface area contributed by atoms with Gasteiger partial charge in [0.15, 0.2) is 0 Å². The molecule has 1 radical (unpaired) electrons. The lowest BCUT2D eigenvalue weighted by Gasteiger charge is -2.09. The van der Waals surface area contributed by atoms with Gasteiger partial charge in [-0.15, -0.1) is 18.2 Å². The summed E-state index contributed by atoms with van der Waals surface area (Å²) >= 11 is 5.47. The largest absolute Gasteiger partial charge is 0.394 e. The van der Waals surface area contributed by atoms with Crippen LogP contribution < -0.4 is 0 Å². The SMILES string of the molecule is C=CC[C](Cl)C(O)CO. The first-order valence-corrected chi connectivity index (χ1v) is 3.01. The second kappa shape index (κ2) is 4.79. The van der Waals surface area contributed by atoms with E-state index in [4.69, 9.17) is 21.8 Å². The van der Waals surface area contributed by atoms with Crippen LogP contribution in [-0.2, 0) is 0 Å². The number of aliphatic hydroxyl groups excluding tert-OH is 2. The standard InChI is InChI=1S/C6H10ClO2/c1-2-3-5(7)6(9)4-8/h2,6,8-9H,1,3-4H2. The average molecular weight is 150 g/mol. The fourth-order valence-electron chi connectivity index (χ4n) is 0.373. The second-order valence-corrected chi connectivity index (χ2v) is 2.12. The Kier molecular flexibility index (Phi) is 4.77. The molecule has 0 aromatic rings. The molecule has 0 spiro atoms. The highest BCUT2D eigenvalue weighted by Gasteiger charge is 2.13. The van der Waals surface area contributed by atoms with Crippen LogP contribution in [0.3, 0.4) is 0 Å². The van der Waals surface area contributed by atoms with Crippen LogP contribution in [0, 0.1) is 5.38 Å². The van der Waals surface area contributed by atoms with E-state index in [2.05, 4.69) is 6.58 Å². The van der Waals surface area contributed by atoms with Crippen molar-refractivity contribution in [3.63, 3.8) is 0 Å². The lowest BCUT2D eigenvalue weighted by atomic mass is 10.2. The summed E-state index contributed by atoms with van der Waals surface area (Å²) in [7, 11) is 0. The Morgan fingerprint density at radius 2 is 2.33 bits per heavy atom. The van der Waals surface area contributed by atoms with Crippen molar-refractivity contribution in [2.75, 3.05) is 6.61 Å². The predicted molar refractivity (Wildman–Crippen MR) is 37.0 cm³/mol. The molecule has 53 valence electrons. The monoisotopic (exact) mass is 149 g/mol. The maximum Gasteiger partial charge on any atom is 0.0983 e. The van der Waals surface area contributed by atoms with E-state index in [1.54, 1.807) is 6.08 Å². The Morgan fingerprint density at radius 3 is 2.67 bits per heavy atom. The molecule has 0 fully saturated rings. The molecule has 1 atom stereocenters. The number of halogens is 1. The molecule has 0 heterocycles. The first kappa shape index (κ1) is 8.95. The Labute approximate surface area is 59.8 Å². The van der Waals surface area contributed by atoms with Crippen molar-refractivity contribution in [3.05, 3.63) is 18.0 Å². The smallest absolute Gasteiger partial charge is 0.0983 e. The van der Waals surface area contributed by atoms with Crippen molar-refractivity contribution in [1.29, 1.82) is 0 Å². The molecule has 0 aromatic carbocycles. The van der Waals surface area contributed by atoms with Gasteiger partial charge in [0.05, 0.1) is 18.1 Å². The van der Waals surface area contributed by atoms with Crippen LogP contribution in [0.4, 0.5) is 0 Å². The van der Waals surface area contributed by atoms with Gasteiger partial charge in [0.2, 0.25) is 0 Å². The maximum absolute atomic E-state index is 8.79. The molecule has 9 heavy (non-hydrogen) atoms. The number of hydrogen-bond acceptors (Lipinski definition) is 2. The molecule has 0 amide bonds. The fraction of sp³-hybridized carbons (Fsp3) is 0.500. The summed E-state index contributed by atoms with van der Waals surface area (Å²) in [5.74, 6) is 0. The van der Waals surface area contributed by atoms with Crippen molar-refractivity contribution < 1.29 is 10.2 Å². The van der Waals surface area contributed by atoms with Gasteiger partial charge in [-0.25, -0.2) is 0 Å². The molecular formula is C6H10ClO2. The summed E-state index contributed by atoms with van der Waals surface area (Å²) < 4.78 is 0. The van der Waals surface area contributed by atoms with E-state index < -0.39 is 6.10 Å². The van der Waals surface area contributed by atoms with Crippen LogP contribution in [0.15, 0.2) is 12.7 Å². The van der Waals surface area contributed by atoms with Gasteiger partial charge in [-0.3, -0.25) is 0 Å². The van der Waals surface area contributed by atoms with Crippen molar-refractivity contribution in [2.45, 2.75) is 12.5 Å². The minimum Gasteiger partial charge on any atom is -0.394 e. The van der Waals surface area contributed by atoms with Gasteiger partial charge in [0.1, 0.15) is 0 Å². The summed E-state index contributed by atoms with van der Waals surface area (Å²) in [5.41, 5.74) is 0. The number of allylic oxidation sites excluding steroid dienone is 1. The van der Waals surface area contributed by atoms with E-state index in [0.717, 1.165) is 0 Å². The first-order valence-electron chi connectivity index (χ1n) is 2.63. The lowest BCUT2D eigenvalue weighted by Crippen LogP contribution is -2.17. The van der Waals surface area contributed by atoms with Gasteiger partial charge in [0.25, 0.3) is 0 Å². The molecule has 2 N–H and O–H groups in total. The minimum atomic E-state index is -0.912. The molecule has 0 bridgehead atoms. The van der Waals surface area contributed by atoms with E-state index >= 15 is 0 Å². The summed E-state index contributed by atoms with van der Waals surface area (Å²) in [6.45, 7) is 3.09. The number of rotatable bonds is 4. The molecule has 0 saturated heterocycles. The highest BCUT2D eigenvalue weighted by atomic mass is 35.5. The lowest BCUT2D eigenvalue weighted by molar-refractivity contribution is 0.113.